The number of hydrogen-bond donors (Lipinski definition) is 2. The Morgan fingerprint density at radius 2 is 1.65 bits per heavy atom. The van der Waals surface area contributed by atoms with Crippen LogP contribution in [0.4, 0.5) is 11.4 Å². The summed E-state index contributed by atoms with van der Waals surface area (Å²) in [6.45, 7) is 0.508. The van der Waals surface area contributed by atoms with Gasteiger partial charge in [0.25, 0.3) is 0 Å². The van der Waals surface area contributed by atoms with Crippen molar-refractivity contribution >= 4 is 74.8 Å². The average Bonchev–Trinajstić information content (AvgIpc) is 3.24. The number of aromatic nitrogens is 3. The maximum Gasteiger partial charge on any atom is 0.225 e. The molecule has 0 unspecified atom stereocenters. The topological polar surface area (TPSA) is 71.8 Å². The quantitative estimate of drug-likeness (QED) is 0.157. The first-order valence-electron chi connectivity index (χ1n) is 10.4. The first kappa shape index (κ1) is 24.8. The van der Waals surface area contributed by atoms with Crippen LogP contribution in [0.5, 0.6) is 0 Å². The predicted octanol–water partition coefficient (Wildman–Crippen LogP) is 6.91. The lowest BCUT2D eigenvalue weighted by Crippen LogP contribution is -2.13. The molecular weight excluding hydrogens is 604 g/mol. The molecule has 0 bridgehead atoms. The molecular formula is C24H20Cl2IN5OS. The molecule has 1 aromatic heterocycles. The van der Waals surface area contributed by atoms with Crippen molar-refractivity contribution in [1.82, 2.24) is 14.8 Å². The van der Waals surface area contributed by atoms with Crippen LogP contribution in [0.1, 0.15) is 12.2 Å². The van der Waals surface area contributed by atoms with E-state index in [0.29, 0.717) is 33.2 Å². The van der Waals surface area contributed by atoms with Gasteiger partial charge in [0.2, 0.25) is 5.91 Å². The second kappa shape index (κ2) is 11.9. The van der Waals surface area contributed by atoms with Crippen molar-refractivity contribution in [3.63, 3.8) is 0 Å². The van der Waals surface area contributed by atoms with Crippen LogP contribution in [0.15, 0.2) is 78.0 Å². The predicted molar refractivity (Wildman–Crippen MR) is 148 cm³/mol. The van der Waals surface area contributed by atoms with Crippen molar-refractivity contribution in [3.8, 4) is 5.69 Å². The SMILES string of the molecule is O=C(CCSc1nnc(CNc2ccc(I)cc2)n1-c1ccccc1)Nc1c(Cl)cccc1Cl. The lowest BCUT2D eigenvalue weighted by Gasteiger charge is -2.12. The van der Waals surface area contributed by atoms with Crippen LogP contribution in [0, 0.1) is 3.57 Å². The number of benzene rings is 3. The number of halogens is 3. The Morgan fingerprint density at radius 1 is 0.941 bits per heavy atom. The van der Waals surface area contributed by atoms with Gasteiger partial charge in [-0.25, -0.2) is 0 Å². The third kappa shape index (κ3) is 6.44. The fourth-order valence-corrected chi connectivity index (χ4v) is 4.91. The van der Waals surface area contributed by atoms with Gasteiger partial charge in [0.15, 0.2) is 11.0 Å². The molecule has 0 spiro atoms. The van der Waals surface area contributed by atoms with Gasteiger partial charge < -0.3 is 10.6 Å². The average molecular weight is 624 g/mol. The van der Waals surface area contributed by atoms with Gasteiger partial charge in [-0.2, -0.15) is 0 Å². The molecule has 0 radical (unpaired) electrons. The van der Waals surface area contributed by atoms with Crippen LogP contribution in [-0.4, -0.2) is 26.4 Å². The molecule has 3 aromatic carbocycles. The van der Waals surface area contributed by atoms with Gasteiger partial charge in [-0.15, -0.1) is 10.2 Å². The minimum Gasteiger partial charge on any atom is -0.378 e. The number of amides is 1. The largest absolute Gasteiger partial charge is 0.378 e. The summed E-state index contributed by atoms with van der Waals surface area (Å²) in [6, 6.07) is 23.2. The number of carbonyl (C=O) groups excluding carboxylic acids is 1. The third-order valence-electron chi connectivity index (χ3n) is 4.80. The lowest BCUT2D eigenvalue weighted by atomic mass is 10.3. The normalized spacial score (nSPS) is 10.8. The maximum atomic E-state index is 12.5. The van der Waals surface area contributed by atoms with E-state index in [2.05, 4.69) is 43.4 Å². The summed E-state index contributed by atoms with van der Waals surface area (Å²) in [5, 5.41) is 16.5. The van der Waals surface area contributed by atoms with Crippen LogP contribution in [0.3, 0.4) is 0 Å². The Morgan fingerprint density at radius 3 is 2.35 bits per heavy atom. The number of hydrogen-bond acceptors (Lipinski definition) is 5. The Kier molecular flexibility index (Phi) is 8.71. The first-order valence-corrected chi connectivity index (χ1v) is 13.2. The zero-order valence-corrected chi connectivity index (χ0v) is 22.3. The van der Waals surface area contributed by atoms with Crippen LogP contribution in [0.2, 0.25) is 10.0 Å². The molecule has 4 rings (SSSR count). The second-order valence-corrected chi connectivity index (χ2v) is 10.3. The molecule has 34 heavy (non-hydrogen) atoms. The molecule has 174 valence electrons. The summed E-state index contributed by atoms with van der Waals surface area (Å²) < 4.78 is 3.18. The Hall–Kier alpha value is -2.27. The van der Waals surface area contributed by atoms with Crippen molar-refractivity contribution in [1.29, 1.82) is 0 Å². The molecule has 0 saturated carbocycles. The molecule has 10 heteroatoms. The Bertz CT molecular complexity index is 1250. The summed E-state index contributed by atoms with van der Waals surface area (Å²) >= 11 is 16.0. The number of nitrogens with zero attached hydrogens (tertiary/aromatic N) is 3. The monoisotopic (exact) mass is 623 g/mol. The molecule has 0 fully saturated rings. The lowest BCUT2D eigenvalue weighted by molar-refractivity contribution is -0.115. The van der Waals surface area contributed by atoms with Crippen molar-refractivity contribution in [3.05, 3.63) is 92.2 Å². The molecule has 0 aliphatic heterocycles. The van der Waals surface area contributed by atoms with Crippen molar-refractivity contribution in [2.75, 3.05) is 16.4 Å². The Balaban J connectivity index is 1.44. The number of thioether (sulfide) groups is 1. The van der Waals surface area contributed by atoms with Crippen LogP contribution >= 0.6 is 57.6 Å². The van der Waals surface area contributed by atoms with Crippen molar-refractivity contribution in [2.45, 2.75) is 18.1 Å². The molecule has 2 N–H and O–H groups in total. The van der Waals surface area contributed by atoms with E-state index in [1.807, 2.05) is 59.2 Å². The van der Waals surface area contributed by atoms with Crippen LogP contribution in [-0.2, 0) is 11.3 Å². The summed E-state index contributed by atoms with van der Waals surface area (Å²) in [4.78, 5) is 12.5. The van der Waals surface area contributed by atoms with E-state index < -0.39 is 0 Å². The third-order valence-corrected chi connectivity index (χ3v) is 7.08. The minimum absolute atomic E-state index is 0.172. The van der Waals surface area contributed by atoms with E-state index in [9.17, 15) is 4.79 Å². The summed E-state index contributed by atoms with van der Waals surface area (Å²) in [6.07, 6.45) is 0.268. The summed E-state index contributed by atoms with van der Waals surface area (Å²) in [5.74, 6) is 1.12. The molecule has 4 aromatic rings. The maximum absolute atomic E-state index is 12.5. The van der Waals surface area contributed by atoms with E-state index in [-0.39, 0.29) is 12.3 Å². The van der Waals surface area contributed by atoms with Crippen LogP contribution in [0.25, 0.3) is 5.69 Å². The highest BCUT2D eigenvalue weighted by Crippen LogP contribution is 2.30. The highest BCUT2D eigenvalue weighted by Gasteiger charge is 2.16. The van der Waals surface area contributed by atoms with Crippen molar-refractivity contribution in [2.24, 2.45) is 0 Å². The second-order valence-electron chi connectivity index (χ2n) is 7.17. The van der Waals surface area contributed by atoms with Crippen LogP contribution < -0.4 is 10.6 Å². The first-order chi connectivity index (χ1) is 16.5. The fourth-order valence-electron chi connectivity index (χ4n) is 3.15. The number of nitrogens with one attached hydrogen (secondary N) is 2. The fraction of sp³-hybridized carbons (Fsp3) is 0.125. The van der Waals surface area contributed by atoms with Gasteiger partial charge in [0, 0.05) is 27.1 Å². The molecule has 0 saturated heterocycles. The van der Waals surface area contributed by atoms with Gasteiger partial charge >= 0.3 is 0 Å². The minimum atomic E-state index is -0.172. The molecule has 0 atom stereocenters. The highest BCUT2D eigenvalue weighted by atomic mass is 127. The number of carbonyl (C=O) groups is 1. The molecule has 1 heterocycles. The Labute approximate surface area is 225 Å². The number of rotatable bonds is 9. The van der Waals surface area contributed by atoms with Crippen molar-refractivity contribution < 1.29 is 4.79 Å². The summed E-state index contributed by atoms with van der Waals surface area (Å²) in [7, 11) is 0. The zero-order chi connectivity index (χ0) is 23.9. The molecule has 0 aliphatic carbocycles. The molecule has 1 amide bonds. The summed E-state index contributed by atoms with van der Waals surface area (Å²) in [5.41, 5.74) is 2.39. The highest BCUT2D eigenvalue weighted by molar-refractivity contribution is 14.1. The smallest absolute Gasteiger partial charge is 0.225 e. The molecule has 6 nitrogen and oxygen atoms in total. The van der Waals surface area contributed by atoms with Gasteiger partial charge in [0.1, 0.15) is 0 Å². The van der Waals surface area contributed by atoms with E-state index >= 15 is 0 Å². The number of anilines is 2. The zero-order valence-electron chi connectivity index (χ0n) is 17.8. The van der Waals surface area contributed by atoms with Gasteiger partial charge in [0.05, 0.1) is 22.3 Å². The van der Waals surface area contributed by atoms with Gasteiger partial charge in [-0.3, -0.25) is 9.36 Å². The van der Waals surface area contributed by atoms with Gasteiger partial charge in [-0.05, 0) is 71.1 Å². The standard InChI is InChI=1S/C24H20Cl2IN5OS/c25-19-7-4-8-20(26)23(19)29-22(33)13-14-34-24-31-30-21(32(24)18-5-2-1-3-6-18)15-28-17-11-9-16(27)10-12-17/h1-12,28H,13-15H2,(H,29,33). The molecule has 0 aliphatic rings. The van der Waals surface area contributed by atoms with E-state index in [1.165, 1.54) is 15.3 Å². The van der Waals surface area contributed by atoms with E-state index in [1.54, 1.807) is 18.2 Å². The van der Waals surface area contributed by atoms with E-state index in [4.69, 9.17) is 23.2 Å². The van der Waals surface area contributed by atoms with Gasteiger partial charge in [-0.1, -0.05) is 59.2 Å². The van der Waals surface area contributed by atoms with E-state index in [0.717, 1.165) is 17.2 Å². The number of para-hydroxylation sites is 2.